The molecule has 0 N–H and O–H groups in total. The SMILES string of the molecule is Cc1cc(C2CCN(Cl)CC2)on1. The van der Waals surface area contributed by atoms with Crippen molar-refractivity contribution < 1.29 is 4.52 Å². The van der Waals surface area contributed by atoms with Gasteiger partial charge in [-0.15, -0.1) is 0 Å². The van der Waals surface area contributed by atoms with E-state index in [0.717, 1.165) is 37.4 Å². The third-order valence-corrected chi connectivity index (χ3v) is 2.83. The van der Waals surface area contributed by atoms with Crippen LogP contribution in [0.25, 0.3) is 0 Å². The molecule has 1 aromatic heterocycles. The van der Waals surface area contributed by atoms with Crippen LogP contribution in [0.3, 0.4) is 0 Å². The summed E-state index contributed by atoms with van der Waals surface area (Å²) in [6, 6.07) is 2.02. The van der Waals surface area contributed by atoms with Crippen molar-refractivity contribution in [2.45, 2.75) is 25.7 Å². The Morgan fingerprint density at radius 2 is 2.23 bits per heavy atom. The first-order chi connectivity index (χ1) is 6.25. The molecule has 0 radical (unpaired) electrons. The van der Waals surface area contributed by atoms with Crippen LogP contribution in [-0.4, -0.2) is 22.7 Å². The van der Waals surface area contributed by atoms with E-state index >= 15 is 0 Å². The van der Waals surface area contributed by atoms with Crippen LogP contribution in [0.4, 0.5) is 0 Å². The first-order valence-electron chi connectivity index (χ1n) is 4.59. The van der Waals surface area contributed by atoms with E-state index in [-0.39, 0.29) is 0 Å². The number of piperidine rings is 1. The minimum Gasteiger partial charge on any atom is -0.361 e. The molecule has 13 heavy (non-hydrogen) atoms. The molecule has 0 aliphatic carbocycles. The lowest BCUT2D eigenvalue weighted by Gasteiger charge is -2.24. The van der Waals surface area contributed by atoms with Crippen LogP contribution < -0.4 is 0 Å². The fraction of sp³-hybridized carbons (Fsp3) is 0.667. The molecule has 0 atom stereocenters. The largest absolute Gasteiger partial charge is 0.361 e. The summed E-state index contributed by atoms with van der Waals surface area (Å²) < 4.78 is 7.06. The molecule has 0 unspecified atom stereocenters. The Labute approximate surface area is 82.8 Å². The number of hydrogen-bond donors (Lipinski definition) is 0. The highest BCUT2D eigenvalue weighted by molar-refractivity contribution is 6.13. The Balaban J connectivity index is 2.02. The molecule has 0 bridgehead atoms. The maximum atomic E-state index is 5.86. The molecule has 1 fully saturated rings. The van der Waals surface area contributed by atoms with Gasteiger partial charge in [0, 0.05) is 25.1 Å². The average molecular weight is 201 g/mol. The van der Waals surface area contributed by atoms with Gasteiger partial charge in [0.15, 0.2) is 0 Å². The molecule has 0 saturated carbocycles. The van der Waals surface area contributed by atoms with Gasteiger partial charge in [-0.2, -0.15) is 0 Å². The van der Waals surface area contributed by atoms with Crippen LogP contribution >= 0.6 is 11.8 Å². The number of rotatable bonds is 1. The van der Waals surface area contributed by atoms with Crippen molar-refractivity contribution >= 4 is 11.8 Å². The van der Waals surface area contributed by atoms with Crippen molar-refractivity contribution in [3.63, 3.8) is 0 Å². The van der Waals surface area contributed by atoms with Crippen molar-refractivity contribution in [2.75, 3.05) is 13.1 Å². The van der Waals surface area contributed by atoms with Crippen LogP contribution in [0.2, 0.25) is 0 Å². The van der Waals surface area contributed by atoms with Gasteiger partial charge < -0.3 is 4.52 Å². The minimum atomic E-state index is 0.510. The van der Waals surface area contributed by atoms with E-state index in [9.17, 15) is 0 Å². The molecule has 1 aromatic rings. The van der Waals surface area contributed by atoms with Crippen LogP contribution in [0, 0.1) is 6.92 Å². The van der Waals surface area contributed by atoms with Crippen molar-refractivity contribution in [1.29, 1.82) is 0 Å². The summed E-state index contributed by atoms with van der Waals surface area (Å²) in [5.41, 5.74) is 0.961. The van der Waals surface area contributed by atoms with Crippen molar-refractivity contribution in [3.05, 3.63) is 17.5 Å². The Morgan fingerprint density at radius 1 is 1.54 bits per heavy atom. The van der Waals surface area contributed by atoms with Crippen molar-refractivity contribution in [3.8, 4) is 0 Å². The highest BCUT2D eigenvalue weighted by Crippen LogP contribution is 2.28. The summed E-state index contributed by atoms with van der Waals surface area (Å²) >= 11 is 5.86. The molecule has 0 amide bonds. The van der Waals surface area contributed by atoms with Gasteiger partial charge in [-0.05, 0) is 31.5 Å². The lowest BCUT2D eigenvalue weighted by Crippen LogP contribution is -2.24. The molecular weight excluding hydrogens is 188 g/mol. The summed E-state index contributed by atoms with van der Waals surface area (Å²) in [4.78, 5) is 0. The first-order valence-corrected chi connectivity index (χ1v) is 4.93. The summed E-state index contributed by atoms with van der Waals surface area (Å²) in [7, 11) is 0. The highest BCUT2D eigenvalue weighted by Gasteiger charge is 2.22. The van der Waals surface area contributed by atoms with E-state index in [1.807, 2.05) is 17.4 Å². The van der Waals surface area contributed by atoms with E-state index in [0.29, 0.717) is 5.92 Å². The maximum absolute atomic E-state index is 5.86. The smallest absolute Gasteiger partial charge is 0.140 e. The summed E-state index contributed by atoms with van der Waals surface area (Å²) in [5.74, 6) is 1.53. The predicted octanol–water partition coefficient (Wildman–Crippen LogP) is 2.32. The van der Waals surface area contributed by atoms with Gasteiger partial charge in [-0.1, -0.05) is 5.16 Å². The summed E-state index contributed by atoms with van der Waals surface area (Å²) in [5, 5.41) is 3.89. The number of hydrogen-bond acceptors (Lipinski definition) is 3. The Bertz CT molecular complexity index is 279. The van der Waals surface area contributed by atoms with Gasteiger partial charge in [-0.25, -0.2) is 4.42 Å². The Hall–Kier alpha value is -0.540. The molecule has 2 rings (SSSR count). The molecule has 0 aromatic carbocycles. The topological polar surface area (TPSA) is 29.3 Å². The third kappa shape index (κ3) is 2.03. The van der Waals surface area contributed by atoms with Crippen LogP contribution in [0.1, 0.15) is 30.2 Å². The molecule has 4 heteroatoms. The lowest BCUT2D eigenvalue weighted by molar-refractivity contribution is 0.282. The average Bonchev–Trinajstić information content (AvgIpc) is 2.53. The molecule has 1 aliphatic rings. The second kappa shape index (κ2) is 3.68. The third-order valence-electron chi connectivity index (χ3n) is 2.49. The predicted molar refractivity (Wildman–Crippen MR) is 50.6 cm³/mol. The second-order valence-corrected chi connectivity index (χ2v) is 4.03. The van der Waals surface area contributed by atoms with E-state index < -0.39 is 0 Å². The normalized spacial score (nSPS) is 20.8. The van der Waals surface area contributed by atoms with E-state index in [1.165, 1.54) is 0 Å². The second-order valence-electron chi connectivity index (χ2n) is 3.55. The van der Waals surface area contributed by atoms with E-state index in [4.69, 9.17) is 16.3 Å². The quantitative estimate of drug-likeness (QED) is 0.652. The maximum Gasteiger partial charge on any atom is 0.140 e. The van der Waals surface area contributed by atoms with Gasteiger partial charge >= 0.3 is 0 Å². The number of halogens is 1. The van der Waals surface area contributed by atoms with Gasteiger partial charge in [-0.3, -0.25) is 0 Å². The number of aryl methyl sites for hydroxylation is 1. The monoisotopic (exact) mass is 200 g/mol. The molecule has 3 nitrogen and oxygen atoms in total. The number of aromatic nitrogens is 1. The van der Waals surface area contributed by atoms with Gasteiger partial charge in [0.2, 0.25) is 0 Å². The van der Waals surface area contributed by atoms with Gasteiger partial charge in [0.05, 0.1) is 5.69 Å². The fourth-order valence-electron chi connectivity index (χ4n) is 1.71. The molecule has 72 valence electrons. The van der Waals surface area contributed by atoms with Crippen LogP contribution in [-0.2, 0) is 0 Å². The minimum absolute atomic E-state index is 0.510. The molecule has 1 saturated heterocycles. The zero-order valence-electron chi connectivity index (χ0n) is 7.66. The van der Waals surface area contributed by atoms with Crippen LogP contribution in [0.5, 0.6) is 0 Å². The zero-order valence-corrected chi connectivity index (χ0v) is 8.42. The van der Waals surface area contributed by atoms with Crippen LogP contribution in [0.15, 0.2) is 10.6 Å². The number of nitrogens with zero attached hydrogens (tertiary/aromatic N) is 2. The molecule has 1 aliphatic heterocycles. The van der Waals surface area contributed by atoms with E-state index in [1.54, 1.807) is 0 Å². The summed E-state index contributed by atoms with van der Waals surface area (Å²) in [6.45, 7) is 3.82. The Morgan fingerprint density at radius 3 is 2.77 bits per heavy atom. The van der Waals surface area contributed by atoms with Crippen molar-refractivity contribution in [2.24, 2.45) is 0 Å². The van der Waals surface area contributed by atoms with Crippen molar-refractivity contribution in [1.82, 2.24) is 9.58 Å². The standard InChI is InChI=1S/C9H13ClN2O/c1-7-6-9(13-11-7)8-2-4-12(10)5-3-8/h6,8H,2-5H2,1H3. The summed E-state index contributed by atoms with van der Waals surface area (Å²) in [6.07, 6.45) is 2.14. The fourth-order valence-corrected chi connectivity index (χ4v) is 1.90. The molecule has 2 heterocycles. The van der Waals surface area contributed by atoms with E-state index in [2.05, 4.69) is 5.16 Å². The van der Waals surface area contributed by atoms with Gasteiger partial charge in [0.1, 0.15) is 5.76 Å². The van der Waals surface area contributed by atoms with Gasteiger partial charge in [0.25, 0.3) is 0 Å². The lowest BCUT2D eigenvalue weighted by atomic mass is 9.95. The highest BCUT2D eigenvalue weighted by atomic mass is 35.5. The first kappa shape index (κ1) is 9.03. The molecular formula is C9H13ClN2O. The molecule has 0 spiro atoms. The zero-order chi connectivity index (χ0) is 9.26. The Kier molecular flexibility index (Phi) is 2.56.